The molecule has 94 valence electrons. The van der Waals surface area contributed by atoms with Crippen molar-refractivity contribution in [1.29, 1.82) is 0 Å². The van der Waals surface area contributed by atoms with Gasteiger partial charge in [-0.2, -0.15) is 0 Å². The van der Waals surface area contributed by atoms with Gasteiger partial charge < -0.3 is 5.73 Å². The number of nitrogens with two attached hydrogens (primary N) is 1. The molecular formula is C14H13N5. The molecule has 0 radical (unpaired) electrons. The summed E-state index contributed by atoms with van der Waals surface area (Å²) in [4.78, 5) is 17.6. The molecule has 5 heteroatoms. The molecular weight excluding hydrogens is 238 g/mol. The molecule has 0 spiro atoms. The number of para-hydroxylation sites is 2. The Hall–Kier alpha value is -2.40. The van der Waals surface area contributed by atoms with Gasteiger partial charge in [-0.25, -0.2) is 19.9 Å². The highest BCUT2D eigenvalue weighted by atomic mass is 14.9. The summed E-state index contributed by atoms with van der Waals surface area (Å²) in [5, 5.41) is 0. The summed E-state index contributed by atoms with van der Waals surface area (Å²) in [6, 6.07) is 9.24. The number of benzene rings is 1. The van der Waals surface area contributed by atoms with Crippen LogP contribution in [0.15, 0.2) is 42.7 Å². The van der Waals surface area contributed by atoms with Crippen molar-refractivity contribution in [3.05, 3.63) is 48.4 Å². The summed E-state index contributed by atoms with van der Waals surface area (Å²) in [5.74, 6) is 0.549. The molecule has 1 atom stereocenters. The van der Waals surface area contributed by atoms with Crippen LogP contribution in [0.2, 0.25) is 0 Å². The minimum atomic E-state index is -0.226. The quantitative estimate of drug-likeness (QED) is 0.754. The SMILES string of the molecule is CC(N)c1nc2ccccc2nc1-c1ncccn1. The first-order chi connectivity index (χ1) is 9.25. The van der Waals surface area contributed by atoms with Gasteiger partial charge in [0.2, 0.25) is 0 Å². The van der Waals surface area contributed by atoms with Crippen molar-refractivity contribution in [2.45, 2.75) is 13.0 Å². The maximum Gasteiger partial charge on any atom is 0.180 e. The van der Waals surface area contributed by atoms with E-state index < -0.39 is 0 Å². The van der Waals surface area contributed by atoms with Crippen LogP contribution in [0.5, 0.6) is 0 Å². The van der Waals surface area contributed by atoms with E-state index in [1.54, 1.807) is 18.5 Å². The minimum absolute atomic E-state index is 0.226. The number of rotatable bonds is 2. The molecule has 1 aromatic carbocycles. The summed E-state index contributed by atoms with van der Waals surface area (Å²) in [5.41, 5.74) is 8.99. The molecule has 5 nitrogen and oxygen atoms in total. The third-order valence-corrected chi connectivity index (χ3v) is 2.81. The van der Waals surface area contributed by atoms with Gasteiger partial charge in [-0.3, -0.25) is 0 Å². The van der Waals surface area contributed by atoms with Crippen molar-refractivity contribution >= 4 is 11.0 Å². The number of hydrogen-bond acceptors (Lipinski definition) is 5. The van der Waals surface area contributed by atoms with Crippen LogP contribution in [0.1, 0.15) is 18.7 Å². The number of nitrogens with zero attached hydrogens (tertiary/aromatic N) is 4. The van der Waals surface area contributed by atoms with Gasteiger partial charge >= 0.3 is 0 Å². The minimum Gasteiger partial charge on any atom is -0.323 e. The Balaban J connectivity index is 2.30. The second-order valence-corrected chi connectivity index (χ2v) is 4.31. The van der Waals surface area contributed by atoms with Crippen LogP contribution < -0.4 is 5.73 Å². The monoisotopic (exact) mass is 251 g/mol. The second-order valence-electron chi connectivity index (χ2n) is 4.31. The molecule has 0 aliphatic heterocycles. The summed E-state index contributed by atoms with van der Waals surface area (Å²) >= 11 is 0. The summed E-state index contributed by atoms with van der Waals surface area (Å²) in [6.45, 7) is 1.88. The molecule has 0 saturated carbocycles. The van der Waals surface area contributed by atoms with Gasteiger partial charge in [-0.15, -0.1) is 0 Å². The normalized spacial score (nSPS) is 12.5. The van der Waals surface area contributed by atoms with Gasteiger partial charge in [-0.05, 0) is 25.1 Å². The molecule has 0 fully saturated rings. The molecule has 2 aromatic heterocycles. The van der Waals surface area contributed by atoms with Gasteiger partial charge in [-0.1, -0.05) is 12.1 Å². The fraction of sp³-hybridized carbons (Fsp3) is 0.143. The zero-order valence-corrected chi connectivity index (χ0v) is 10.5. The average Bonchev–Trinajstić information content (AvgIpc) is 2.46. The highest BCUT2D eigenvalue weighted by Gasteiger charge is 2.15. The van der Waals surface area contributed by atoms with Gasteiger partial charge in [0.25, 0.3) is 0 Å². The molecule has 0 bridgehead atoms. The lowest BCUT2D eigenvalue weighted by Crippen LogP contribution is -2.11. The molecule has 2 heterocycles. The third-order valence-electron chi connectivity index (χ3n) is 2.81. The first-order valence-electron chi connectivity index (χ1n) is 6.05. The Labute approximate surface area is 110 Å². The predicted octanol–water partition coefficient (Wildman–Crippen LogP) is 2.11. The van der Waals surface area contributed by atoms with E-state index in [-0.39, 0.29) is 6.04 Å². The topological polar surface area (TPSA) is 77.6 Å². The second kappa shape index (κ2) is 4.70. The van der Waals surface area contributed by atoms with Crippen LogP contribution in [0.4, 0.5) is 0 Å². The molecule has 0 amide bonds. The van der Waals surface area contributed by atoms with Crippen LogP contribution in [0.3, 0.4) is 0 Å². The predicted molar refractivity (Wildman–Crippen MR) is 73.2 cm³/mol. The molecule has 0 aliphatic rings. The van der Waals surface area contributed by atoms with Crippen molar-refractivity contribution in [1.82, 2.24) is 19.9 Å². The largest absolute Gasteiger partial charge is 0.323 e. The van der Waals surface area contributed by atoms with Crippen molar-refractivity contribution in [3.8, 4) is 11.5 Å². The maximum absolute atomic E-state index is 5.98. The van der Waals surface area contributed by atoms with Crippen LogP contribution in [-0.4, -0.2) is 19.9 Å². The standard InChI is InChI=1S/C14H13N5/c1-9(15)12-13(14-16-7-4-8-17-14)19-11-6-3-2-5-10(11)18-12/h2-9H,15H2,1H3. The fourth-order valence-corrected chi connectivity index (χ4v) is 1.92. The van der Waals surface area contributed by atoms with E-state index >= 15 is 0 Å². The molecule has 3 aromatic rings. The first kappa shape index (κ1) is 11.7. The summed E-state index contributed by atoms with van der Waals surface area (Å²) in [6.07, 6.45) is 3.37. The van der Waals surface area contributed by atoms with Gasteiger partial charge in [0.15, 0.2) is 5.82 Å². The zero-order valence-electron chi connectivity index (χ0n) is 10.5. The number of hydrogen-bond donors (Lipinski definition) is 1. The fourth-order valence-electron chi connectivity index (χ4n) is 1.92. The van der Waals surface area contributed by atoms with Crippen LogP contribution in [-0.2, 0) is 0 Å². The van der Waals surface area contributed by atoms with E-state index in [1.807, 2.05) is 31.2 Å². The molecule has 0 saturated heterocycles. The third kappa shape index (κ3) is 2.15. The van der Waals surface area contributed by atoms with Gasteiger partial charge in [0.1, 0.15) is 5.69 Å². The van der Waals surface area contributed by atoms with E-state index in [0.29, 0.717) is 17.2 Å². The van der Waals surface area contributed by atoms with Crippen LogP contribution in [0, 0.1) is 0 Å². The smallest absolute Gasteiger partial charge is 0.180 e. The van der Waals surface area contributed by atoms with E-state index in [9.17, 15) is 0 Å². The van der Waals surface area contributed by atoms with Crippen molar-refractivity contribution < 1.29 is 0 Å². The summed E-state index contributed by atoms with van der Waals surface area (Å²) in [7, 11) is 0. The molecule has 0 aliphatic carbocycles. The van der Waals surface area contributed by atoms with E-state index in [4.69, 9.17) is 5.73 Å². The van der Waals surface area contributed by atoms with Gasteiger partial charge in [0, 0.05) is 18.4 Å². The molecule has 3 rings (SSSR count). The molecule has 2 N–H and O–H groups in total. The van der Waals surface area contributed by atoms with Crippen molar-refractivity contribution in [2.75, 3.05) is 0 Å². The Morgan fingerprint density at radius 1 is 0.947 bits per heavy atom. The number of fused-ring (bicyclic) bond motifs is 1. The first-order valence-corrected chi connectivity index (χ1v) is 6.05. The highest BCUT2D eigenvalue weighted by Crippen LogP contribution is 2.23. The van der Waals surface area contributed by atoms with Crippen LogP contribution in [0.25, 0.3) is 22.6 Å². The number of aromatic nitrogens is 4. The Morgan fingerprint density at radius 2 is 1.58 bits per heavy atom. The maximum atomic E-state index is 5.98. The van der Waals surface area contributed by atoms with Crippen molar-refractivity contribution in [3.63, 3.8) is 0 Å². The van der Waals surface area contributed by atoms with E-state index in [0.717, 1.165) is 11.0 Å². The van der Waals surface area contributed by atoms with Gasteiger partial charge in [0.05, 0.1) is 16.7 Å². The Kier molecular flexibility index (Phi) is 2.89. The highest BCUT2D eigenvalue weighted by molar-refractivity contribution is 5.77. The average molecular weight is 251 g/mol. The van der Waals surface area contributed by atoms with Crippen LogP contribution >= 0.6 is 0 Å². The van der Waals surface area contributed by atoms with Crippen molar-refractivity contribution in [2.24, 2.45) is 5.73 Å². The van der Waals surface area contributed by atoms with E-state index in [1.165, 1.54) is 0 Å². The Morgan fingerprint density at radius 3 is 2.21 bits per heavy atom. The van der Waals surface area contributed by atoms with E-state index in [2.05, 4.69) is 19.9 Å². The lowest BCUT2D eigenvalue weighted by Gasteiger charge is -2.11. The molecule has 1 unspecified atom stereocenters. The summed E-state index contributed by atoms with van der Waals surface area (Å²) < 4.78 is 0. The Bertz CT molecular complexity index is 709. The zero-order chi connectivity index (χ0) is 13.2. The lowest BCUT2D eigenvalue weighted by atomic mass is 10.1. The molecule has 19 heavy (non-hydrogen) atoms. The lowest BCUT2D eigenvalue weighted by molar-refractivity contribution is 0.781.